The molecule has 0 aliphatic rings. The van der Waals surface area contributed by atoms with E-state index in [0.717, 1.165) is 0 Å². The molecule has 0 spiro atoms. The highest BCUT2D eigenvalue weighted by Gasteiger charge is 2.13. The van der Waals surface area contributed by atoms with E-state index in [4.69, 9.17) is 15.0 Å². The number of carbonyl (C=O) groups excluding carboxylic acids is 1. The van der Waals surface area contributed by atoms with Gasteiger partial charge in [0.1, 0.15) is 1.37 Å². The fourth-order valence-corrected chi connectivity index (χ4v) is 0.562. The second-order valence-corrected chi connectivity index (χ2v) is 2.31. The first-order valence-corrected chi connectivity index (χ1v) is 4.10. The maximum Gasteiger partial charge on any atom is 0.217 e. The van der Waals surface area contributed by atoms with Crippen molar-refractivity contribution in [2.45, 2.75) is 39.8 Å². The number of hydrogen-bond acceptors (Lipinski definition) is 3. The van der Waals surface area contributed by atoms with Gasteiger partial charge >= 0.3 is 0 Å². The van der Waals surface area contributed by atoms with E-state index in [-0.39, 0.29) is 13.2 Å². The fourth-order valence-electron chi connectivity index (χ4n) is 0.562. The first-order chi connectivity index (χ1) is 7.28. The second kappa shape index (κ2) is 7.25. The van der Waals surface area contributed by atoms with Crippen LogP contribution in [0.4, 0.5) is 0 Å². The first kappa shape index (κ1) is 6.11. The minimum absolute atomic E-state index is 0.106. The molecule has 0 aromatic carbocycles. The quantitative estimate of drug-likeness (QED) is 0.557. The Morgan fingerprint density at radius 2 is 1.92 bits per heavy atom. The van der Waals surface area contributed by atoms with E-state index in [1.165, 1.54) is 0 Å². The Balaban J connectivity index is 4.70. The molecule has 0 unspecified atom stereocenters. The summed E-state index contributed by atoms with van der Waals surface area (Å²) in [4.78, 5) is 11.5. The van der Waals surface area contributed by atoms with E-state index >= 15 is 0 Å². The summed E-state index contributed by atoms with van der Waals surface area (Å²) < 4.78 is 38.3. The van der Waals surface area contributed by atoms with Crippen LogP contribution < -0.4 is 0 Å². The molecule has 0 N–H and O–H groups in total. The predicted octanol–water partition coefficient (Wildman–Crippen LogP) is 1.75. The van der Waals surface area contributed by atoms with Crippen LogP contribution >= 0.6 is 0 Å². The lowest BCUT2D eigenvalue weighted by molar-refractivity contribution is -0.168. The van der Waals surface area contributed by atoms with Crippen molar-refractivity contribution >= 4 is 5.78 Å². The van der Waals surface area contributed by atoms with E-state index < -0.39 is 18.9 Å². The Hall–Kier alpha value is -0.410. The van der Waals surface area contributed by atoms with Gasteiger partial charge in [0.25, 0.3) is 0 Å². The topological polar surface area (TPSA) is 35.5 Å². The average Bonchev–Trinajstić information content (AvgIpc) is 2.21. The van der Waals surface area contributed by atoms with Gasteiger partial charge in [-0.3, -0.25) is 4.79 Å². The van der Waals surface area contributed by atoms with Gasteiger partial charge in [-0.1, -0.05) is 13.8 Å². The maximum absolute atomic E-state index is 11.5. The van der Waals surface area contributed by atoms with E-state index in [1.807, 2.05) is 0 Å². The molecule has 0 saturated heterocycles. The van der Waals surface area contributed by atoms with Crippen molar-refractivity contribution in [3.8, 4) is 0 Å². The molecule has 0 radical (unpaired) electrons. The lowest BCUT2D eigenvalue weighted by atomic mass is 10.4. The Labute approximate surface area is 79.7 Å². The molecule has 0 rings (SSSR count). The maximum atomic E-state index is 11.5. The molecule has 0 fully saturated rings. The van der Waals surface area contributed by atoms with Crippen molar-refractivity contribution in [2.75, 3.05) is 13.2 Å². The molecule has 3 nitrogen and oxygen atoms in total. The summed E-state index contributed by atoms with van der Waals surface area (Å²) in [7, 11) is 0. The summed E-state index contributed by atoms with van der Waals surface area (Å²) in [6, 6.07) is 0. The van der Waals surface area contributed by atoms with Gasteiger partial charge in [-0.05, 0) is 19.7 Å². The molecule has 0 aliphatic heterocycles. The smallest absolute Gasteiger partial charge is 0.217 e. The molecule has 72 valence electrons. The van der Waals surface area contributed by atoms with Crippen molar-refractivity contribution in [3.63, 3.8) is 0 Å². The molecule has 0 amide bonds. The van der Waals surface area contributed by atoms with Crippen molar-refractivity contribution in [2.24, 2.45) is 0 Å². The summed E-state index contributed by atoms with van der Waals surface area (Å²) in [6.45, 7) is 0.910. The van der Waals surface area contributed by atoms with Crippen LogP contribution in [0, 0.1) is 0 Å². The summed E-state index contributed by atoms with van der Waals surface area (Å²) in [5.41, 5.74) is 0. The van der Waals surface area contributed by atoms with Crippen molar-refractivity contribution < 1.29 is 19.8 Å². The van der Waals surface area contributed by atoms with Crippen molar-refractivity contribution in [1.82, 2.24) is 0 Å². The molecule has 0 aromatic heterocycles. The predicted molar refractivity (Wildman–Crippen MR) is 47.0 cm³/mol. The molecule has 3 heteroatoms. The van der Waals surface area contributed by atoms with Gasteiger partial charge in [0, 0.05) is 17.3 Å². The number of ketones is 1. The van der Waals surface area contributed by atoms with Gasteiger partial charge in [-0.25, -0.2) is 0 Å². The number of carbonyl (C=O) groups is 1. The Bertz CT molecular complexity index is 219. The number of rotatable bonds is 7. The van der Waals surface area contributed by atoms with Crippen LogP contribution in [-0.2, 0) is 14.3 Å². The number of hydrogen-bond donors (Lipinski definition) is 0. The third-order valence-electron chi connectivity index (χ3n) is 1.06. The number of ether oxygens (including phenoxy) is 2. The molecule has 0 aromatic rings. The molecular formula is C9H18O3. The summed E-state index contributed by atoms with van der Waals surface area (Å²) in [6.07, 6.45) is -1.26. The average molecular weight is 178 g/mol. The minimum Gasteiger partial charge on any atom is -0.346 e. The van der Waals surface area contributed by atoms with E-state index in [9.17, 15) is 4.79 Å². The molecule has 0 aliphatic carbocycles. The van der Waals surface area contributed by atoms with Gasteiger partial charge in [-0.15, -0.1) is 0 Å². The zero-order chi connectivity index (χ0) is 12.8. The Kier molecular flexibility index (Phi) is 3.69. The zero-order valence-electron chi connectivity index (χ0n) is 11.6. The van der Waals surface area contributed by atoms with Crippen LogP contribution in [0.3, 0.4) is 0 Å². The van der Waals surface area contributed by atoms with Crippen LogP contribution in [0.15, 0.2) is 0 Å². The third-order valence-corrected chi connectivity index (χ3v) is 1.06. The second-order valence-electron chi connectivity index (χ2n) is 2.31. The van der Waals surface area contributed by atoms with E-state index in [1.54, 1.807) is 13.8 Å². The van der Waals surface area contributed by atoms with Gasteiger partial charge < -0.3 is 9.47 Å². The van der Waals surface area contributed by atoms with Crippen molar-refractivity contribution in [3.05, 3.63) is 0 Å². The van der Waals surface area contributed by atoms with Crippen LogP contribution in [0.5, 0.6) is 0 Å². The summed E-state index contributed by atoms with van der Waals surface area (Å²) >= 11 is 0. The van der Waals surface area contributed by atoms with E-state index in [2.05, 4.69) is 0 Å². The zero-order valence-corrected chi connectivity index (χ0v) is 7.55. The van der Waals surface area contributed by atoms with E-state index in [0.29, 0.717) is 12.8 Å². The van der Waals surface area contributed by atoms with Gasteiger partial charge in [0.05, 0.1) is 0 Å². The van der Waals surface area contributed by atoms with Gasteiger partial charge in [0.2, 0.25) is 6.27 Å². The lowest BCUT2D eigenvalue weighted by Crippen LogP contribution is -2.26. The largest absolute Gasteiger partial charge is 0.346 e. The first-order valence-electron chi connectivity index (χ1n) is 6.10. The monoisotopic (exact) mass is 178 g/mol. The highest BCUT2D eigenvalue weighted by atomic mass is 16.7. The molecule has 0 bridgehead atoms. The van der Waals surface area contributed by atoms with Crippen molar-refractivity contribution in [1.29, 1.82) is 0 Å². The molecule has 0 atom stereocenters. The van der Waals surface area contributed by atoms with Crippen LogP contribution in [0.25, 0.3) is 0 Å². The summed E-state index contributed by atoms with van der Waals surface area (Å²) in [5, 5.41) is 0. The van der Waals surface area contributed by atoms with Crippen LogP contribution in [0.2, 0.25) is 0 Å². The molecule has 0 saturated carbocycles. The molecule has 12 heavy (non-hydrogen) atoms. The third kappa shape index (κ3) is 5.27. The van der Waals surface area contributed by atoms with Crippen LogP contribution in [-0.4, -0.2) is 25.3 Å². The lowest BCUT2D eigenvalue weighted by Gasteiger charge is -2.14. The molecular weight excluding hydrogens is 156 g/mol. The Morgan fingerprint density at radius 3 is 2.25 bits per heavy atom. The minimum atomic E-state index is -2.89. The fraction of sp³-hybridized carbons (Fsp3) is 0.889. The van der Waals surface area contributed by atoms with Gasteiger partial charge in [0.15, 0.2) is 5.78 Å². The van der Waals surface area contributed by atoms with Crippen LogP contribution in [0.1, 0.15) is 39.0 Å². The SMILES string of the molecule is [2H]C([2H])([2H])C(=O)C([2H])(OCCC)OCCC. The molecule has 0 heterocycles. The standard InChI is InChI=1S/C9H18O3/c1-4-6-11-9(8(3)10)12-7-5-2/h9H,4-7H2,1-3H3/i3D3,9D. The normalized spacial score (nSPS) is 17.5. The highest BCUT2D eigenvalue weighted by molar-refractivity contribution is 5.79. The Morgan fingerprint density at radius 1 is 1.42 bits per heavy atom. The van der Waals surface area contributed by atoms with Gasteiger partial charge in [-0.2, -0.15) is 0 Å². The summed E-state index contributed by atoms with van der Waals surface area (Å²) in [5.74, 6) is -1.33. The highest BCUT2D eigenvalue weighted by Crippen LogP contribution is 1.98. The number of Topliss-reactive ketones (excluding diaryl/α,β-unsaturated/α-hetero) is 1.